The summed E-state index contributed by atoms with van der Waals surface area (Å²) in [5, 5.41) is 0. The number of rotatable bonds is 1. The molecule has 0 fully saturated rings. The predicted octanol–water partition coefficient (Wildman–Crippen LogP) is 2.92. The van der Waals surface area contributed by atoms with Gasteiger partial charge in [-0.25, -0.2) is 0 Å². The van der Waals surface area contributed by atoms with E-state index in [1.165, 1.54) is 0 Å². The summed E-state index contributed by atoms with van der Waals surface area (Å²) in [6.45, 7) is 0. The SMILES string of the molecule is O=[SH]1(c2ccc(C(F)(F)F)cc2)N[Se]c2cc(C(F)(F)F)ccc21. The average Bonchev–Trinajstić information content (AvgIpc) is 2.84. The number of fused-ring (bicyclic) bond motifs is 1. The fourth-order valence-electron chi connectivity index (χ4n) is 2.25. The van der Waals surface area contributed by atoms with E-state index in [1.54, 1.807) is 0 Å². The molecule has 1 heterocycles. The maximum absolute atomic E-state index is 13.1. The molecule has 10 heteroatoms. The van der Waals surface area contributed by atoms with Crippen molar-refractivity contribution in [3.05, 3.63) is 53.6 Å². The van der Waals surface area contributed by atoms with E-state index in [4.69, 9.17) is 0 Å². The van der Waals surface area contributed by atoms with Crippen LogP contribution >= 0.6 is 0 Å². The molecule has 1 aliphatic rings. The number of nitrogens with one attached hydrogen (secondary N) is 1. The van der Waals surface area contributed by atoms with E-state index in [0.717, 1.165) is 42.5 Å². The van der Waals surface area contributed by atoms with Gasteiger partial charge in [-0.3, -0.25) is 0 Å². The molecule has 0 unspecified atom stereocenters. The van der Waals surface area contributed by atoms with Crippen LogP contribution in [0.2, 0.25) is 0 Å². The molecule has 3 rings (SSSR count). The zero-order valence-electron chi connectivity index (χ0n) is 11.6. The van der Waals surface area contributed by atoms with Gasteiger partial charge in [-0.1, -0.05) is 0 Å². The van der Waals surface area contributed by atoms with E-state index in [1.807, 2.05) is 0 Å². The summed E-state index contributed by atoms with van der Waals surface area (Å²) in [6.07, 6.45) is -9.02. The number of benzene rings is 2. The minimum atomic E-state index is -4.51. The van der Waals surface area contributed by atoms with E-state index in [-0.39, 0.29) is 9.79 Å². The number of hydrogen-bond acceptors (Lipinski definition) is 1. The molecule has 0 bridgehead atoms. The van der Waals surface area contributed by atoms with Crippen LogP contribution in [-0.2, 0) is 22.5 Å². The van der Waals surface area contributed by atoms with Crippen LogP contribution in [0.25, 0.3) is 0 Å². The summed E-state index contributed by atoms with van der Waals surface area (Å²) < 4.78 is 92.1. The molecular weight excluding hydrogens is 423 g/mol. The van der Waals surface area contributed by atoms with Crippen LogP contribution in [-0.4, -0.2) is 19.4 Å². The molecule has 2 aromatic rings. The van der Waals surface area contributed by atoms with Crippen LogP contribution in [0.1, 0.15) is 11.1 Å². The van der Waals surface area contributed by atoms with Crippen molar-refractivity contribution in [2.24, 2.45) is 0 Å². The summed E-state index contributed by atoms with van der Waals surface area (Å²) in [5.41, 5.74) is -1.72. The third-order valence-electron chi connectivity index (χ3n) is 3.47. The van der Waals surface area contributed by atoms with Gasteiger partial charge in [-0.05, 0) is 0 Å². The normalized spacial score (nSPS) is 18.2. The van der Waals surface area contributed by atoms with Crippen LogP contribution in [0.15, 0.2) is 52.3 Å². The van der Waals surface area contributed by atoms with Gasteiger partial charge in [0.2, 0.25) is 0 Å². The Bertz CT molecular complexity index is 831. The van der Waals surface area contributed by atoms with Gasteiger partial charge in [0, 0.05) is 0 Å². The third kappa shape index (κ3) is 2.99. The fraction of sp³-hybridized carbons (Fsp3) is 0.143. The fourth-order valence-corrected chi connectivity index (χ4v) is 8.69. The summed E-state index contributed by atoms with van der Waals surface area (Å²) >= 11 is -0.658. The first kappa shape index (κ1) is 17.5. The van der Waals surface area contributed by atoms with Crippen molar-refractivity contribution < 1.29 is 30.6 Å². The van der Waals surface area contributed by atoms with Gasteiger partial charge in [0.05, 0.1) is 0 Å². The van der Waals surface area contributed by atoms with Crippen LogP contribution < -0.4 is 8.20 Å². The van der Waals surface area contributed by atoms with Crippen molar-refractivity contribution in [3.8, 4) is 0 Å². The molecule has 0 spiro atoms. The summed E-state index contributed by atoms with van der Waals surface area (Å²) in [6, 6.07) is 6.72. The van der Waals surface area contributed by atoms with Crippen LogP contribution in [0, 0.1) is 0 Å². The van der Waals surface area contributed by atoms with Crippen molar-refractivity contribution in [1.29, 1.82) is 0 Å². The Labute approximate surface area is 140 Å². The second-order valence-corrected chi connectivity index (χ2v) is 9.93. The quantitative estimate of drug-likeness (QED) is 0.405. The van der Waals surface area contributed by atoms with Crippen molar-refractivity contribution >= 4 is 29.8 Å². The van der Waals surface area contributed by atoms with E-state index >= 15 is 0 Å². The van der Waals surface area contributed by atoms with Gasteiger partial charge in [-0.2, -0.15) is 0 Å². The van der Waals surface area contributed by atoms with Gasteiger partial charge in [0.1, 0.15) is 0 Å². The zero-order chi connectivity index (χ0) is 17.8. The van der Waals surface area contributed by atoms with Crippen molar-refractivity contribution in [1.82, 2.24) is 3.74 Å². The third-order valence-corrected chi connectivity index (χ3v) is 9.61. The van der Waals surface area contributed by atoms with Gasteiger partial charge >= 0.3 is 140 Å². The summed E-state index contributed by atoms with van der Waals surface area (Å²) in [4.78, 5) is 0.353. The monoisotopic (exact) mass is 433 g/mol. The molecule has 0 radical (unpaired) electrons. The van der Waals surface area contributed by atoms with Gasteiger partial charge in [-0.15, -0.1) is 0 Å². The number of alkyl halides is 6. The Balaban J connectivity index is 2.01. The standard InChI is InChI=1S/C14H9F6NOSSe/c15-13(16,17)8-1-4-10(5-2-8)23(22)11-6-3-9(14(18,19)20)7-12(11)24-21-23/h1-7,23H,(H,21,22). The van der Waals surface area contributed by atoms with Crippen molar-refractivity contribution in [2.45, 2.75) is 22.1 Å². The van der Waals surface area contributed by atoms with E-state index in [0.29, 0.717) is 4.46 Å². The first-order valence-corrected chi connectivity index (χ1v) is 9.87. The first-order chi connectivity index (χ1) is 11.0. The summed E-state index contributed by atoms with van der Waals surface area (Å²) in [5.74, 6) is 0. The first-order valence-electron chi connectivity index (χ1n) is 6.45. The Kier molecular flexibility index (Phi) is 4.07. The number of hydrogen-bond donors (Lipinski definition) is 2. The van der Waals surface area contributed by atoms with E-state index < -0.39 is 48.8 Å². The molecular formula is C14H9F6NOSSe. The van der Waals surface area contributed by atoms with Crippen LogP contribution in [0.4, 0.5) is 26.3 Å². The van der Waals surface area contributed by atoms with E-state index in [2.05, 4.69) is 3.74 Å². The molecule has 24 heavy (non-hydrogen) atoms. The molecule has 0 saturated heterocycles. The molecule has 2 nitrogen and oxygen atoms in total. The van der Waals surface area contributed by atoms with Crippen molar-refractivity contribution in [2.75, 3.05) is 0 Å². The second kappa shape index (κ2) is 5.59. The predicted molar refractivity (Wildman–Crippen MR) is 77.5 cm³/mol. The Morgan fingerprint density at radius 3 is 1.92 bits per heavy atom. The number of thiol groups is 1. The topological polar surface area (TPSA) is 29.1 Å². The molecule has 0 amide bonds. The second-order valence-electron chi connectivity index (χ2n) is 5.03. The number of halogens is 6. The molecule has 2 aromatic carbocycles. The van der Waals surface area contributed by atoms with Crippen molar-refractivity contribution in [3.63, 3.8) is 0 Å². The van der Waals surface area contributed by atoms with Crippen LogP contribution in [0.3, 0.4) is 0 Å². The van der Waals surface area contributed by atoms with E-state index in [9.17, 15) is 30.6 Å². The van der Waals surface area contributed by atoms with Gasteiger partial charge in [0.25, 0.3) is 0 Å². The molecule has 1 aliphatic heterocycles. The molecule has 0 aliphatic carbocycles. The minimum absolute atomic E-state index is 0.135. The molecule has 130 valence electrons. The zero-order valence-corrected chi connectivity index (χ0v) is 14.2. The Morgan fingerprint density at radius 2 is 1.38 bits per heavy atom. The molecule has 0 aromatic heterocycles. The molecule has 0 saturated carbocycles. The summed E-state index contributed by atoms with van der Waals surface area (Å²) in [7, 11) is -3.41. The Hall–Kier alpha value is -1.35. The molecule has 0 atom stereocenters. The van der Waals surface area contributed by atoms with Gasteiger partial charge in [0.15, 0.2) is 0 Å². The van der Waals surface area contributed by atoms with Crippen LogP contribution in [0.5, 0.6) is 0 Å². The van der Waals surface area contributed by atoms with Gasteiger partial charge < -0.3 is 0 Å². The molecule has 1 N–H and O–H groups in total. The Morgan fingerprint density at radius 1 is 0.833 bits per heavy atom. The maximum atomic E-state index is 13.1. The average molecular weight is 432 g/mol.